The predicted molar refractivity (Wildman–Crippen MR) is 79.6 cm³/mol. The third-order valence-corrected chi connectivity index (χ3v) is 4.13. The molecular weight excluding hydrogens is 272 g/mol. The summed E-state index contributed by atoms with van der Waals surface area (Å²) in [4.78, 5) is 2.50. The molecule has 1 atom stereocenters. The fourth-order valence-corrected chi connectivity index (χ4v) is 3.10. The maximum absolute atomic E-state index is 5.92. The number of hydrogen-bond donors (Lipinski definition) is 0. The maximum Gasteiger partial charge on any atom is 0.148 e. The highest BCUT2D eigenvalue weighted by Gasteiger charge is 2.23. The first-order valence-corrected chi connectivity index (χ1v) is 7.61. The molecule has 1 saturated heterocycles. The van der Waals surface area contributed by atoms with E-state index in [2.05, 4.69) is 50.0 Å². The molecule has 3 rings (SSSR count). The van der Waals surface area contributed by atoms with E-state index in [1.54, 1.807) is 0 Å². The van der Waals surface area contributed by atoms with E-state index in [-0.39, 0.29) is 0 Å². The van der Waals surface area contributed by atoms with E-state index in [9.17, 15) is 0 Å². The first-order chi connectivity index (χ1) is 9.86. The van der Waals surface area contributed by atoms with E-state index < -0.39 is 0 Å². The van der Waals surface area contributed by atoms with Gasteiger partial charge in [0.15, 0.2) is 0 Å². The molecule has 0 N–H and O–H groups in total. The number of likely N-dealkylation sites (tertiary alicyclic amines) is 1. The van der Waals surface area contributed by atoms with Crippen molar-refractivity contribution in [1.82, 2.24) is 19.7 Å². The molecular formula is C15H19ClN4. The fourth-order valence-electron chi connectivity index (χ4n) is 2.91. The summed E-state index contributed by atoms with van der Waals surface area (Å²) >= 11 is 5.92. The lowest BCUT2D eigenvalue weighted by atomic mass is 10.0. The minimum atomic E-state index is 0.426. The fraction of sp³-hybridized carbons (Fsp3) is 0.467. The highest BCUT2D eigenvalue weighted by Crippen LogP contribution is 2.24. The van der Waals surface area contributed by atoms with Crippen LogP contribution in [0.5, 0.6) is 0 Å². The van der Waals surface area contributed by atoms with E-state index in [0.717, 1.165) is 25.5 Å². The van der Waals surface area contributed by atoms with Crippen molar-refractivity contribution in [3.05, 3.63) is 48.0 Å². The smallest absolute Gasteiger partial charge is 0.148 e. The molecule has 0 amide bonds. The number of halogens is 1. The van der Waals surface area contributed by atoms with Crippen molar-refractivity contribution in [3.63, 3.8) is 0 Å². The molecule has 0 saturated carbocycles. The average molecular weight is 291 g/mol. The summed E-state index contributed by atoms with van der Waals surface area (Å²) in [6.45, 7) is 3.20. The van der Waals surface area contributed by atoms with Crippen LogP contribution in [-0.4, -0.2) is 32.8 Å². The Morgan fingerprint density at radius 3 is 2.90 bits per heavy atom. The molecule has 2 aromatic rings. The van der Waals surface area contributed by atoms with Crippen LogP contribution in [0.3, 0.4) is 0 Å². The van der Waals surface area contributed by atoms with Gasteiger partial charge in [-0.25, -0.2) is 0 Å². The minimum absolute atomic E-state index is 0.426. The van der Waals surface area contributed by atoms with Gasteiger partial charge in [-0.05, 0) is 24.9 Å². The van der Waals surface area contributed by atoms with Gasteiger partial charge in [0.2, 0.25) is 0 Å². The molecule has 0 spiro atoms. The Morgan fingerprint density at radius 1 is 1.25 bits per heavy atom. The number of rotatable bonds is 4. The summed E-state index contributed by atoms with van der Waals surface area (Å²) in [5.74, 6) is 1.30. The third kappa shape index (κ3) is 3.02. The molecule has 2 heterocycles. The second-order valence-corrected chi connectivity index (χ2v) is 5.57. The van der Waals surface area contributed by atoms with Crippen LogP contribution in [0.1, 0.15) is 30.3 Å². The zero-order valence-corrected chi connectivity index (χ0v) is 12.2. The molecule has 1 fully saturated rings. The number of aromatic nitrogens is 3. The molecule has 1 aromatic heterocycles. The summed E-state index contributed by atoms with van der Waals surface area (Å²) in [5.41, 5.74) is 1.37. The highest BCUT2D eigenvalue weighted by atomic mass is 35.5. The van der Waals surface area contributed by atoms with Gasteiger partial charge in [0, 0.05) is 19.1 Å². The van der Waals surface area contributed by atoms with Gasteiger partial charge < -0.3 is 4.57 Å². The molecule has 1 unspecified atom stereocenters. The third-order valence-electron chi connectivity index (χ3n) is 3.89. The number of nitrogens with zero attached hydrogens (tertiary/aromatic N) is 4. The van der Waals surface area contributed by atoms with Gasteiger partial charge in [-0.15, -0.1) is 21.8 Å². The second-order valence-electron chi connectivity index (χ2n) is 5.30. The van der Waals surface area contributed by atoms with Crippen LogP contribution < -0.4 is 0 Å². The standard InChI is InChI=1S/C15H19ClN4/c16-9-15-18-17-12-20(15)14-7-4-8-19(11-14)10-13-5-2-1-3-6-13/h1-3,5-6,12,14H,4,7-11H2. The number of alkyl halides is 1. The normalized spacial score (nSPS) is 20.1. The zero-order chi connectivity index (χ0) is 13.8. The Bertz CT molecular complexity index is 540. The van der Waals surface area contributed by atoms with Gasteiger partial charge in [0.05, 0.1) is 5.88 Å². The molecule has 4 nitrogen and oxygen atoms in total. The Balaban J connectivity index is 1.68. The Hall–Kier alpha value is -1.39. The van der Waals surface area contributed by atoms with Crippen molar-refractivity contribution in [2.45, 2.75) is 31.3 Å². The molecule has 1 aliphatic heterocycles. The largest absolute Gasteiger partial charge is 0.312 e. The first-order valence-electron chi connectivity index (χ1n) is 7.07. The van der Waals surface area contributed by atoms with Crippen LogP contribution in [0.4, 0.5) is 0 Å². The Kier molecular flexibility index (Phi) is 4.33. The molecule has 20 heavy (non-hydrogen) atoms. The molecule has 5 heteroatoms. The van der Waals surface area contributed by atoms with E-state index in [1.807, 2.05) is 6.33 Å². The SMILES string of the molecule is ClCc1nncn1C1CCCN(Cc2ccccc2)C1. The minimum Gasteiger partial charge on any atom is -0.312 e. The summed E-state index contributed by atoms with van der Waals surface area (Å²) in [6.07, 6.45) is 4.19. The number of hydrogen-bond acceptors (Lipinski definition) is 3. The Morgan fingerprint density at radius 2 is 2.10 bits per heavy atom. The van der Waals surface area contributed by atoms with Crippen molar-refractivity contribution in [2.75, 3.05) is 13.1 Å². The second kappa shape index (κ2) is 6.37. The molecule has 1 aromatic carbocycles. The van der Waals surface area contributed by atoms with Crippen LogP contribution in [0, 0.1) is 0 Å². The maximum atomic E-state index is 5.92. The van der Waals surface area contributed by atoms with Gasteiger partial charge in [0.25, 0.3) is 0 Å². The van der Waals surface area contributed by atoms with Gasteiger partial charge >= 0.3 is 0 Å². The zero-order valence-electron chi connectivity index (χ0n) is 11.5. The quantitative estimate of drug-likeness (QED) is 0.812. The van der Waals surface area contributed by atoms with Gasteiger partial charge in [-0.1, -0.05) is 30.3 Å². The van der Waals surface area contributed by atoms with Crippen molar-refractivity contribution in [2.24, 2.45) is 0 Å². The summed E-state index contributed by atoms with van der Waals surface area (Å²) in [7, 11) is 0. The van der Waals surface area contributed by atoms with Crippen LogP contribution >= 0.6 is 11.6 Å². The lowest BCUT2D eigenvalue weighted by molar-refractivity contribution is 0.168. The topological polar surface area (TPSA) is 34.0 Å². The molecule has 0 aliphatic carbocycles. The van der Waals surface area contributed by atoms with Crippen LogP contribution in [0.25, 0.3) is 0 Å². The summed E-state index contributed by atoms with van der Waals surface area (Å²) in [5, 5.41) is 8.07. The van der Waals surface area contributed by atoms with E-state index >= 15 is 0 Å². The van der Waals surface area contributed by atoms with Gasteiger partial charge in [-0.3, -0.25) is 4.90 Å². The van der Waals surface area contributed by atoms with Gasteiger partial charge in [-0.2, -0.15) is 0 Å². The van der Waals surface area contributed by atoms with Gasteiger partial charge in [0.1, 0.15) is 12.2 Å². The van der Waals surface area contributed by atoms with Crippen molar-refractivity contribution in [3.8, 4) is 0 Å². The van der Waals surface area contributed by atoms with E-state index in [0.29, 0.717) is 11.9 Å². The van der Waals surface area contributed by atoms with E-state index in [4.69, 9.17) is 11.6 Å². The lowest BCUT2D eigenvalue weighted by Crippen LogP contribution is -2.36. The molecule has 0 bridgehead atoms. The van der Waals surface area contributed by atoms with Crippen LogP contribution in [0.15, 0.2) is 36.7 Å². The summed E-state index contributed by atoms with van der Waals surface area (Å²) in [6, 6.07) is 11.1. The molecule has 106 valence electrons. The average Bonchev–Trinajstić information content (AvgIpc) is 2.97. The predicted octanol–water partition coefficient (Wildman–Crippen LogP) is 2.85. The monoisotopic (exact) mass is 290 g/mol. The molecule has 0 radical (unpaired) electrons. The lowest BCUT2D eigenvalue weighted by Gasteiger charge is -2.33. The van der Waals surface area contributed by atoms with Crippen molar-refractivity contribution >= 4 is 11.6 Å². The first kappa shape index (κ1) is 13.6. The summed E-state index contributed by atoms with van der Waals surface area (Å²) < 4.78 is 2.14. The highest BCUT2D eigenvalue weighted by molar-refractivity contribution is 6.16. The van der Waals surface area contributed by atoms with Crippen molar-refractivity contribution in [1.29, 1.82) is 0 Å². The van der Waals surface area contributed by atoms with Crippen molar-refractivity contribution < 1.29 is 0 Å². The molecule has 1 aliphatic rings. The number of benzene rings is 1. The van der Waals surface area contributed by atoms with Crippen LogP contribution in [0.2, 0.25) is 0 Å². The van der Waals surface area contributed by atoms with E-state index in [1.165, 1.54) is 18.4 Å². The number of piperidine rings is 1. The van der Waals surface area contributed by atoms with Crippen LogP contribution in [-0.2, 0) is 12.4 Å². The Labute approximate surface area is 124 Å².